The Morgan fingerprint density at radius 1 is 1.00 bits per heavy atom. The number of aliphatic hydroxyl groups is 1. The molecular formula is C34H36BrN3O7. The third-order valence-corrected chi connectivity index (χ3v) is 9.83. The molecule has 2 bridgehead atoms. The van der Waals surface area contributed by atoms with Crippen molar-refractivity contribution in [3.63, 3.8) is 0 Å². The number of likely N-dealkylation sites (tertiary alicyclic amines) is 1. The lowest BCUT2D eigenvalue weighted by molar-refractivity contribution is -0.143. The summed E-state index contributed by atoms with van der Waals surface area (Å²) < 4.78 is 17.4. The van der Waals surface area contributed by atoms with Crippen molar-refractivity contribution in [1.82, 2.24) is 4.90 Å². The summed E-state index contributed by atoms with van der Waals surface area (Å²) in [7, 11) is 1.56. The Morgan fingerprint density at radius 3 is 2.22 bits per heavy atom. The van der Waals surface area contributed by atoms with E-state index >= 15 is 0 Å². The zero-order valence-corrected chi connectivity index (χ0v) is 26.6. The normalized spacial score (nSPS) is 27.2. The quantitative estimate of drug-likeness (QED) is 0.262. The van der Waals surface area contributed by atoms with Crippen LogP contribution in [0.15, 0.2) is 78.9 Å². The molecule has 3 amide bonds. The molecule has 0 aliphatic carbocycles. The van der Waals surface area contributed by atoms with E-state index in [0.717, 1.165) is 5.56 Å². The van der Waals surface area contributed by atoms with Gasteiger partial charge < -0.3 is 34.9 Å². The molecular weight excluding hydrogens is 642 g/mol. The molecule has 1 spiro atoms. The lowest BCUT2D eigenvalue weighted by Crippen LogP contribution is -2.57. The second-order valence-corrected chi connectivity index (χ2v) is 12.8. The van der Waals surface area contributed by atoms with Gasteiger partial charge in [-0.3, -0.25) is 14.4 Å². The van der Waals surface area contributed by atoms with E-state index in [1.54, 1.807) is 55.6 Å². The summed E-state index contributed by atoms with van der Waals surface area (Å²) in [4.78, 5) is 43.9. The molecule has 0 radical (unpaired) electrons. The second-order valence-electron chi connectivity index (χ2n) is 11.6. The highest BCUT2D eigenvalue weighted by molar-refractivity contribution is 9.09. The van der Waals surface area contributed by atoms with Crippen molar-refractivity contribution in [3.8, 4) is 11.5 Å². The predicted molar refractivity (Wildman–Crippen MR) is 171 cm³/mol. The van der Waals surface area contributed by atoms with E-state index in [0.29, 0.717) is 42.3 Å². The number of methoxy groups -OCH3 is 1. The Labute approximate surface area is 270 Å². The molecule has 3 aromatic rings. The third-order valence-electron chi connectivity index (χ3n) is 8.99. The van der Waals surface area contributed by atoms with Crippen molar-refractivity contribution >= 4 is 45.0 Å². The first-order chi connectivity index (χ1) is 21.8. The van der Waals surface area contributed by atoms with Crippen molar-refractivity contribution < 1.29 is 33.7 Å². The largest absolute Gasteiger partial charge is 0.497 e. The van der Waals surface area contributed by atoms with Crippen molar-refractivity contribution in [2.24, 2.45) is 11.8 Å². The van der Waals surface area contributed by atoms with Gasteiger partial charge in [-0.25, -0.2) is 0 Å². The van der Waals surface area contributed by atoms with Crippen molar-refractivity contribution in [2.45, 2.75) is 48.4 Å². The van der Waals surface area contributed by atoms with E-state index in [1.807, 2.05) is 37.3 Å². The number of rotatable bonds is 11. The number of benzene rings is 3. The van der Waals surface area contributed by atoms with Crippen LogP contribution in [0, 0.1) is 11.8 Å². The number of hydrogen-bond donors (Lipinski definition) is 3. The number of ether oxygens (including phenoxy) is 3. The highest BCUT2D eigenvalue weighted by atomic mass is 79.9. The van der Waals surface area contributed by atoms with E-state index in [1.165, 1.54) is 4.90 Å². The van der Waals surface area contributed by atoms with Gasteiger partial charge in [0.25, 0.3) is 0 Å². The van der Waals surface area contributed by atoms with Gasteiger partial charge in [-0.05, 0) is 73.9 Å². The number of nitrogens with one attached hydrogen (secondary N) is 2. The third kappa shape index (κ3) is 5.69. The average Bonchev–Trinajstić information content (AvgIpc) is 3.65. The Bertz CT molecular complexity index is 1540. The molecule has 45 heavy (non-hydrogen) atoms. The van der Waals surface area contributed by atoms with Gasteiger partial charge in [0, 0.05) is 16.2 Å². The minimum Gasteiger partial charge on any atom is -0.497 e. The highest BCUT2D eigenvalue weighted by Gasteiger charge is 2.77. The van der Waals surface area contributed by atoms with Crippen LogP contribution >= 0.6 is 15.9 Å². The number of fused-ring (bicyclic) bond motifs is 1. The fraction of sp³-hybridized carbons (Fsp3) is 0.382. The van der Waals surface area contributed by atoms with E-state index in [2.05, 4.69) is 26.6 Å². The van der Waals surface area contributed by atoms with Gasteiger partial charge in [0.15, 0.2) is 0 Å². The summed E-state index contributed by atoms with van der Waals surface area (Å²) in [5.41, 5.74) is 0.697. The van der Waals surface area contributed by atoms with Crippen molar-refractivity contribution in [2.75, 3.05) is 31.0 Å². The second kappa shape index (κ2) is 12.8. The zero-order valence-electron chi connectivity index (χ0n) is 25.0. The predicted octanol–water partition coefficient (Wildman–Crippen LogP) is 4.02. The summed E-state index contributed by atoms with van der Waals surface area (Å²) in [6.45, 7) is 2.04. The maximum atomic E-state index is 14.5. The van der Waals surface area contributed by atoms with Crippen LogP contribution in [0.3, 0.4) is 0 Å². The highest BCUT2D eigenvalue weighted by Crippen LogP contribution is 2.60. The Kier molecular flexibility index (Phi) is 8.85. The van der Waals surface area contributed by atoms with Crippen LogP contribution in [0.5, 0.6) is 11.5 Å². The first-order valence-corrected chi connectivity index (χ1v) is 16.0. The first-order valence-electron chi connectivity index (χ1n) is 15.1. The van der Waals surface area contributed by atoms with Gasteiger partial charge in [0.05, 0.1) is 44.3 Å². The Hall–Kier alpha value is -3.93. The molecule has 7 atom stereocenters. The first kappa shape index (κ1) is 31.1. The van der Waals surface area contributed by atoms with Gasteiger partial charge in [0.1, 0.15) is 23.1 Å². The molecule has 3 aliphatic rings. The number of aliphatic hydroxyl groups excluding tert-OH is 1. The minimum absolute atomic E-state index is 0.268. The topological polar surface area (TPSA) is 126 Å². The molecule has 3 heterocycles. The standard InChI is InChI=1S/C34H36BrN3O7/c1-3-44-25-15-11-21(12-16-25)36-31(40)27-28-33(42)38(23(19-39)17-20-7-5-4-6-8-20)30(34(28)18-26(35)29(27)45-34)32(41)37-22-9-13-24(43-2)14-10-22/h4-16,23,26-30,39H,3,17-19H2,1-2H3,(H,36,40)(H,37,41)/t23-,26?,27-,28+,29-,30?,34?/m1/s1. The zero-order chi connectivity index (χ0) is 31.7. The van der Waals surface area contributed by atoms with Gasteiger partial charge >= 0.3 is 0 Å². The fourth-order valence-electron chi connectivity index (χ4n) is 7.11. The number of carbonyl (C=O) groups excluding carboxylic acids is 3. The molecule has 3 aliphatic heterocycles. The van der Waals surface area contributed by atoms with Crippen LogP contribution in [-0.2, 0) is 25.5 Å². The van der Waals surface area contributed by atoms with Crippen LogP contribution in [0.25, 0.3) is 0 Å². The fourth-order valence-corrected chi connectivity index (χ4v) is 8.05. The maximum absolute atomic E-state index is 14.5. The Morgan fingerprint density at radius 2 is 1.62 bits per heavy atom. The number of hydrogen-bond acceptors (Lipinski definition) is 7. The van der Waals surface area contributed by atoms with Crippen LogP contribution < -0.4 is 20.1 Å². The summed E-state index contributed by atoms with van der Waals surface area (Å²) in [6, 6.07) is 21.6. The molecule has 10 nitrogen and oxygen atoms in total. The van der Waals surface area contributed by atoms with E-state index in [9.17, 15) is 19.5 Å². The molecule has 3 fully saturated rings. The van der Waals surface area contributed by atoms with Crippen LogP contribution in [0.2, 0.25) is 0 Å². The number of halogens is 1. The summed E-state index contributed by atoms with van der Waals surface area (Å²) in [6.07, 6.45) is 0.0473. The van der Waals surface area contributed by atoms with Crippen molar-refractivity contribution in [3.05, 3.63) is 84.4 Å². The minimum atomic E-state index is -1.28. The molecule has 3 N–H and O–H groups in total. The Balaban J connectivity index is 1.35. The van der Waals surface area contributed by atoms with E-state index < -0.39 is 41.5 Å². The summed E-state index contributed by atoms with van der Waals surface area (Å²) >= 11 is 3.71. The molecule has 11 heteroatoms. The van der Waals surface area contributed by atoms with Gasteiger partial charge in [-0.1, -0.05) is 46.3 Å². The number of nitrogens with zero attached hydrogens (tertiary/aromatic N) is 1. The van der Waals surface area contributed by atoms with Gasteiger partial charge in [-0.15, -0.1) is 0 Å². The van der Waals surface area contributed by atoms with Crippen molar-refractivity contribution in [1.29, 1.82) is 0 Å². The van der Waals surface area contributed by atoms with E-state index in [4.69, 9.17) is 14.2 Å². The summed E-state index contributed by atoms with van der Waals surface area (Å²) in [5.74, 6) is -1.67. The molecule has 3 aromatic carbocycles. The van der Waals surface area contributed by atoms with E-state index in [-0.39, 0.29) is 23.2 Å². The monoisotopic (exact) mass is 677 g/mol. The van der Waals surface area contributed by atoms with Crippen LogP contribution in [0.4, 0.5) is 11.4 Å². The number of carbonyl (C=O) groups is 3. The molecule has 0 saturated carbocycles. The molecule has 6 rings (SSSR count). The SMILES string of the molecule is CCOc1ccc(NC(=O)[C@H]2[C@@H]3OC4(CC3Br)C(C(=O)Nc3ccc(OC)cc3)N([C@@H](CO)Cc3ccccc3)C(=O)[C@H]24)cc1. The smallest absolute Gasteiger partial charge is 0.250 e. The van der Waals surface area contributed by atoms with Crippen LogP contribution in [0.1, 0.15) is 18.9 Å². The molecule has 3 unspecified atom stereocenters. The number of anilines is 2. The molecule has 3 saturated heterocycles. The number of alkyl halides is 1. The molecule has 236 valence electrons. The lowest BCUT2D eigenvalue weighted by Gasteiger charge is -2.37. The maximum Gasteiger partial charge on any atom is 0.250 e. The molecule has 0 aromatic heterocycles. The summed E-state index contributed by atoms with van der Waals surface area (Å²) in [5, 5.41) is 16.6. The van der Waals surface area contributed by atoms with Crippen LogP contribution in [-0.4, -0.2) is 76.7 Å². The lowest BCUT2D eigenvalue weighted by atomic mass is 9.70. The van der Waals surface area contributed by atoms with Gasteiger partial charge in [-0.2, -0.15) is 0 Å². The van der Waals surface area contributed by atoms with Gasteiger partial charge in [0.2, 0.25) is 17.7 Å². The number of amides is 3. The average molecular weight is 679 g/mol.